The van der Waals surface area contributed by atoms with Crippen LogP contribution in [-0.2, 0) is 21.8 Å². The Labute approximate surface area is 161 Å². The van der Waals surface area contributed by atoms with Crippen LogP contribution in [0.15, 0.2) is 65.8 Å². The van der Waals surface area contributed by atoms with Crippen LogP contribution in [0.3, 0.4) is 0 Å². The lowest BCUT2D eigenvalue weighted by molar-refractivity contribution is 0.0600. The van der Waals surface area contributed by atoms with Crippen LogP contribution in [-0.4, -0.2) is 31.0 Å². The summed E-state index contributed by atoms with van der Waals surface area (Å²) in [6.07, 6.45) is 3.18. The molecule has 1 heterocycles. The van der Waals surface area contributed by atoms with Gasteiger partial charge in [-0.05, 0) is 35.9 Å². The van der Waals surface area contributed by atoms with Crippen molar-refractivity contribution in [1.82, 2.24) is 14.3 Å². The predicted molar refractivity (Wildman–Crippen MR) is 99.6 cm³/mol. The van der Waals surface area contributed by atoms with E-state index in [-0.39, 0.29) is 10.5 Å². The minimum Gasteiger partial charge on any atom is -0.465 e. The molecule has 9 heteroatoms. The number of rotatable bonds is 6. The number of halogens is 1. The average Bonchev–Trinajstić information content (AvgIpc) is 3.11. The fourth-order valence-corrected chi connectivity index (χ4v) is 3.97. The Kier molecular flexibility index (Phi) is 5.57. The summed E-state index contributed by atoms with van der Waals surface area (Å²) in [5, 5.41) is 0. The number of aryl methyl sites for hydroxylation is 1. The maximum absolute atomic E-state index is 13.8. The van der Waals surface area contributed by atoms with Gasteiger partial charge in [0, 0.05) is 19.4 Å². The van der Waals surface area contributed by atoms with Crippen LogP contribution < -0.4 is 4.72 Å². The molecule has 0 radical (unpaired) electrons. The number of methoxy groups -OCH3 is 1. The van der Waals surface area contributed by atoms with Crippen molar-refractivity contribution >= 4 is 16.0 Å². The van der Waals surface area contributed by atoms with Crippen LogP contribution >= 0.6 is 0 Å². The zero-order valence-electron chi connectivity index (χ0n) is 15.2. The molecular weight excluding hydrogens is 385 g/mol. The molecule has 1 N–H and O–H groups in total. The van der Waals surface area contributed by atoms with Crippen molar-refractivity contribution in [2.75, 3.05) is 7.11 Å². The Morgan fingerprint density at radius 3 is 2.61 bits per heavy atom. The summed E-state index contributed by atoms with van der Waals surface area (Å²) in [6, 6.07) is 10.2. The first-order valence-electron chi connectivity index (χ1n) is 8.25. The molecule has 0 aliphatic carbocycles. The number of carbonyl (C=O) groups is 1. The molecule has 1 atom stereocenters. The van der Waals surface area contributed by atoms with E-state index >= 15 is 0 Å². The molecule has 146 valence electrons. The SMILES string of the molecule is COC(=O)c1cccc(S(=O)(=O)N[C@H](c2cccc(F)c2)c2nccn2C)c1. The first kappa shape index (κ1) is 19.7. The summed E-state index contributed by atoms with van der Waals surface area (Å²) in [4.78, 5) is 15.8. The van der Waals surface area contributed by atoms with Gasteiger partial charge >= 0.3 is 5.97 Å². The maximum atomic E-state index is 13.8. The van der Waals surface area contributed by atoms with Gasteiger partial charge < -0.3 is 9.30 Å². The lowest BCUT2D eigenvalue weighted by atomic mass is 10.1. The quantitative estimate of drug-likeness (QED) is 0.639. The highest BCUT2D eigenvalue weighted by Gasteiger charge is 2.26. The smallest absolute Gasteiger partial charge is 0.337 e. The predicted octanol–water partition coefficient (Wildman–Crippen LogP) is 2.41. The van der Waals surface area contributed by atoms with E-state index in [0.29, 0.717) is 11.4 Å². The average molecular weight is 403 g/mol. The normalized spacial score (nSPS) is 12.5. The van der Waals surface area contributed by atoms with Gasteiger partial charge in [0.25, 0.3) is 0 Å². The molecule has 0 aliphatic rings. The number of hydrogen-bond donors (Lipinski definition) is 1. The van der Waals surface area contributed by atoms with Crippen LogP contribution in [0.4, 0.5) is 4.39 Å². The van der Waals surface area contributed by atoms with E-state index in [4.69, 9.17) is 0 Å². The number of nitrogens with one attached hydrogen (secondary N) is 1. The van der Waals surface area contributed by atoms with Crippen molar-refractivity contribution in [2.45, 2.75) is 10.9 Å². The van der Waals surface area contributed by atoms with Crippen molar-refractivity contribution in [3.8, 4) is 0 Å². The zero-order chi connectivity index (χ0) is 20.3. The molecular formula is C19H18FN3O4S. The van der Waals surface area contributed by atoms with E-state index in [9.17, 15) is 17.6 Å². The maximum Gasteiger partial charge on any atom is 0.337 e. The molecule has 0 bridgehead atoms. The fourth-order valence-electron chi connectivity index (χ4n) is 2.74. The molecule has 3 aromatic rings. The van der Waals surface area contributed by atoms with Gasteiger partial charge in [-0.2, -0.15) is 4.72 Å². The second kappa shape index (κ2) is 7.91. The van der Waals surface area contributed by atoms with E-state index in [1.54, 1.807) is 23.9 Å². The number of carbonyl (C=O) groups excluding carboxylic acids is 1. The lowest BCUT2D eigenvalue weighted by Gasteiger charge is -2.19. The minimum atomic E-state index is -4.06. The Morgan fingerprint density at radius 2 is 1.96 bits per heavy atom. The highest BCUT2D eigenvalue weighted by Crippen LogP contribution is 2.24. The van der Waals surface area contributed by atoms with Gasteiger partial charge in [-0.1, -0.05) is 18.2 Å². The number of sulfonamides is 1. The van der Waals surface area contributed by atoms with Crippen molar-refractivity contribution in [1.29, 1.82) is 0 Å². The topological polar surface area (TPSA) is 90.3 Å². The van der Waals surface area contributed by atoms with Crippen LogP contribution in [0.2, 0.25) is 0 Å². The van der Waals surface area contributed by atoms with Crippen LogP contribution in [0.1, 0.15) is 27.8 Å². The number of ether oxygens (including phenoxy) is 1. The highest BCUT2D eigenvalue weighted by molar-refractivity contribution is 7.89. The van der Waals surface area contributed by atoms with Gasteiger partial charge in [0.2, 0.25) is 10.0 Å². The molecule has 0 saturated carbocycles. The molecule has 0 fully saturated rings. The molecule has 0 amide bonds. The number of benzene rings is 2. The molecule has 0 saturated heterocycles. The van der Waals surface area contributed by atoms with E-state index < -0.39 is 27.9 Å². The third-order valence-corrected chi connectivity index (χ3v) is 5.56. The number of esters is 1. The Morgan fingerprint density at radius 1 is 1.21 bits per heavy atom. The molecule has 3 rings (SSSR count). The Hall–Kier alpha value is -3.04. The fraction of sp³-hybridized carbons (Fsp3) is 0.158. The molecule has 7 nitrogen and oxygen atoms in total. The van der Waals surface area contributed by atoms with Crippen molar-refractivity contribution in [3.63, 3.8) is 0 Å². The largest absolute Gasteiger partial charge is 0.465 e. The summed E-state index contributed by atoms with van der Waals surface area (Å²) < 4.78 is 48.5. The van der Waals surface area contributed by atoms with E-state index in [0.717, 1.165) is 0 Å². The summed E-state index contributed by atoms with van der Waals surface area (Å²) in [6.45, 7) is 0. The third-order valence-electron chi connectivity index (χ3n) is 4.14. The van der Waals surface area contributed by atoms with E-state index in [2.05, 4.69) is 14.4 Å². The summed E-state index contributed by atoms with van der Waals surface area (Å²) in [7, 11) is -1.14. The van der Waals surface area contributed by atoms with Crippen LogP contribution in [0, 0.1) is 5.82 Å². The highest BCUT2D eigenvalue weighted by atomic mass is 32.2. The second-order valence-corrected chi connectivity index (χ2v) is 7.74. The first-order chi connectivity index (χ1) is 13.3. The van der Waals surface area contributed by atoms with Gasteiger partial charge in [0.1, 0.15) is 17.7 Å². The summed E-state index contributed by atoms with van der Waals surface area (Å²) in [5.41, 5.74) is 0.492. The van der Waals surface area contributed by atoms with Crippen LogP contribution in [0.25, 0.3) is 0 Å². The van der Waals surface area contributed by atoms with Gasteiger partial charge in [0.15, 0.2) is 0 Å². The Bertz CT molecular complexity index is 1110. The molecule has 2 aromatic carbocycles. The molecule has 0 spiro atoms. The zero-order valence-corrected chi connectivity index (χ0v) is 16.0. The molecule has 0 unspecified atom stereocenters. The standard InChI is InChI=1S/C19H18FN3O4S/c1-23-10-9-21-18(23)17(13-5-3-7-15(20)11-13)22-28(25,26)16-8-4-6-14(12-16)19(24)27-2/h3-12,17,22H,1-2H3/t17-/m1/s1. The second-order valence-electron chi connectivity index (χ2n) is 6.03. The molecule has 0 aliphatic heterocycles. The summed E-state index contributed by atoms with van der Waals surface area (Å²) >= 11 is 0. The number of hydrogen-bond acceptors (Lipinski definition) is 5. The number of aromatic nitrogens is 2. The monoisotopic (exact) mass is 403 g/mol. The van der Waals surface area contributed by atoms with Gasteiger partial charge in [-0.15, -0.1) is 0 Å². The van der Waals surface area contributed by atoms with Gasteiger partial charge in [-0.25, -0.2) is 22.6 Å². The first-order valence-corrected chi connectivity index (χ1v) is 9.73. The molecule has 1 aromatic heterocycles. The van der Waals surface area contributed by atoms with Crippen LogP contribution in [0.5, 0.6) is 0 Å². The van der Waals surface area contributed by atoms with Crippen molar-refractivity contribution in [2.24, 2.45) is 7.05 Å². The molecule has 28 heavy (non-hydrogen) atoms. The van der Waals surface area contributed by atoms with Gasteiger partial charge in [-0.3, -0.25) is 0 Å². The van der Waals surface area contributed by atoms with E-state index in [1.807, 2.05) is 0 Å². The van der Waals surface area contributed by atoms with Crippen molar-refractivity contribution in [3.05, 3.63) is 83.7 Å². The number of nitrogens with zero attached hydrogens (tertiary/aromatic N) is 2. The van der Waals surface area contributed by atoms with Gasteiger partial charge in [0.05, 0.1) is 17.6 Å². The number of imidazole rings is 1. The van der Waals surface area contributed by atoms with Crippen molar-refractivity contribution < 1.29 is 22.3 Å². The van der Waals surface area contributed by atoms with E-state index in [1.165, 1.54) is 55.8 Å². The lowest BCUT2D eigenvalue weighted by Crippen LogP contribution is -2.31. The minimum absolute atomic E-state index is 0.102. The summed E-state index contributed by atoms with van der Waals surface area (Å²) in [5.74, 6) is -0.760. The third kappa shape index (κ3) is 4.10. The Balaban J connectivity index is 2.03.